The minimum absolute atomic E-state index is 0.374. The highest BCUT2D eigenvalue weighted by atomic mass is 16.5. The zero-order chi connectivity index (χ0) is 13.7. The first kappa shape index (κ1) is 12.9. The highest BCUT2D eigenvalue weighted by molar-refractivity contribution is 5.77. The van der Waals surface area contributed by atoms with Crippen LogP contribution in [-0.2, 0) is 6.54 Å². The molecule has 0 aliphatic rings. The summed E-state index contributed by atoms with van der Waals surface area (Å²) < 4.78 is 6.80. The van der Waals surface area contributed by atoms with Gasteiger partial charge in [-0.1, -0.05) is 5.21 Å². The van der Waals surface area contributed by atoms with E-state index in [0.717, 1.165) is 17.1 Å². The molecule has 0 amide bonds. The smallest absolute Gasteiger partial charge is 0.188 e. The Labute approximate surface area is 111 Å². The van der Waals surface area contributed by atoms with E-state index in [1.54, 1.807) is 18.8 Å². The molecule has 0 spiro atoms. The van der Waals surface area contributed by atoms with Gasteiger partial charge in [0.2, 0.25) is 0 Å². The van der Waals surface area contributed by atoms with Gasteiger partial charge in [-0.05, 0) is 24.3 Å². The molecule has 100 valence electrons. The fourth-order valence-corrected chi connectivity index (χ4v) is 1.50. The average Bonchev–Trinajstić information content (AvgIpc) is 2.93. The summed E-state index contributed by atoms with van der Waals surface area (Å²) in [6, 6.07) is 7.56. The second kappa shape index (κ2) is 5.85. The maximum absolute atomic E-state index is 5.54. The van der Waals surface area contributed by atoms with E-state index in [1.807, 2.05) is 30.5 Å². The van der Waals surface area contributed by atoms with Crippen LogP contribution in [0, 0.1) is 0 Å². The van der Waals surface area contributed by atoms with Crippen LogP contribution in [0.2, 0.25) is 0 Å². The van der Waals surface area contributed by atoms with Crippen molar-refractivity contribution in [3.05, 3.63) is 36.2 Å². The lowest BCUT2D eigenvalue weighted by Crippen LogP contribution is -2.30. The van der Waals surface area contributed by atoms with Gasteiger partial charge in [0.05, 0.1) is 25.5 Å². The Morgan fingerprint density at radius 3 is 2.79 bits per heavy atom. The predicted octanol–water partition coefficient (Wildman–Crippen LogP) is 0.310. The van der Waals surface area contributed by atoms with Gasteiger partial charge >= 0.3 is 0 Å². The molecule has 0 bridgehead atoms. The van der Waals surface area contributed by atoms with E-state index in [4.69, 9.17) is 10.5 Å². The summed E-state index contributed by atoms with van der Waals surface area (Å²) in [5.74, 6) is 1.18. The van der Waals surface area contributed by atoms with Crippen molar-refractivity contribution in [3.63, 3.8) is 0 Å². The normalized spacial score (nSPS) is 11.4. The molecule has 0 aliphatic carbocycles. The van der Waals surface area contributed by atoms with Crippen molar-refractivity contribution >= 4 is 5.96 Å². The van der Waals surface area contributed by atoms with Gasteiger partial charge in [-0.3, -0.25) is 4.99 Å². The lowest BCUT2D eigenvalue weighted by molar-refractivity contribution is 0.414. The molecule has 0 fully saturated rings. The molecule has 0 saturated heterocycles. The van der Waals surface area contributed by atoms with Gasteiger partial charge in [0, 0.05) is 7.05 Å². The fourth-order valence-electron chi connectivity index (χ4n) is 1.50. The van der Waals surface area contributed by atoms with Gasteiger partial charge in [-0.25, -0.2) is 4.68 Å². The topological polar surface area (TPSA) is 90.3 Å². The van der Waals surface area contributed by atoms with E-state index in [9.17, 15) is 0 Å². The third-order valence-electron chi connectivity index (χ3n) is 2.57. The maximum Gasteiger partial charge on any atom is 0.188 e. The van der Waals surface area contributed by atoms with Crippen molar-refractivity contribution in [2.24, 2.45) is 10.7 Å². The number of guanidine groups is 1. The van der Waals surface area contributed by atoms with Crippen LogP contribution >= 0.6 is 0 Å². The Morgan fingerprint density at radius 2 is 2.16 bits per heavy atom. The molecule has 3 N–H and O–H groups in total. The van der Waals surface area contributed by atoms with Crippen molar-refractivity contribution in [2.45, 2.75) is 6.54 Å². The van der Waals surface area contributed by atoms with Crippen LogP contribution in [0.5, 0.6) is 5.75 Å². The fraction of sp³-hybridized carbons (Fsp3) is 0.250. The number of rotatable bonds is 4. The third kappa shape index (κ3) is 3.21. The molecule has 0 saturated carbocycles. The summed E-state index contributed by atoms with van der Waals surface area (Å²) >= 11 is 0. The molecule has 7 nitrogen and oxygen atoms in total. The highest BCUT2D eigenvalue weighted by Crippen LogP contribution is 2.14. The number of nitrogens with zero attached hydrogens (tertiary/aromatic N) is 4. The van der Waals surface area contributed by atoms with Crippen molar-refractivity contribution in [1.29, 1.82) is 0 Å². The van der Waals surface area contributed by atoms with Gasteiger partial charge in [0.1, 0.15) is 11.4 Å². The van der Waals surface area contributed by atoms with Gasteiger partial charge in [-0.15, -0.1) is 5.10 Å². The van der Waals surface area contributed by atoms with E-state index in [-0.39, 0.29) is 0 Å². The average molecular weight is 260 g/mol. The molecule has 0 unspecified atom stereocenters. The Bertz CT molecular complexity index is 560. The first-order valence-electron chi connectivity index (χ1n) is 5.74. The zero-order valence-corrected chi connectivity index (χ0v) is 10.9. The van der Waals surface area contributed by atoms with E-state index in [0.29, 0.717) is 12.5 Å². The summed E-state index contributed by atoms with van der Waals surface area (Å²) in [6.45, 7) is 0.485. The first-order valence-corrected chi connectivity index (χ1v) is 5.74. The van der Waals surface area contributed by atoms with Gasteiger partial charge in [0.25, 0.3) is 0 Å². The second-order valence-electron chi connectivity index (χ2n) is 3.81. The molecule has 19 heavy (non-hydrogen) atoms. The number of nitrogens with one attached hydrogen (secondary N) is 1. The van der Waals surface area contributed by atoms with Crippen LogP contribution in [0.25, 0.3) is 5.69 Å². The summed E-state index contributed by atoms with van der Waals surface area (Å²) in [6.07, 6.45) is 1.83. The molecule has 0 atom stereocenters. The number of aromatic nitrogens is 3. The van der Waals surface area contributed by atoms with E-state index >= 15 is 0 Å². The molecule has 1 heterocycles. The van der Waals surface area contributed by atoms with Crippen LogP contribution in [0.15, 0.2) is 35.5 Å². The monoisotopic (exact) mass is 260 g/mol. The maximum atomic E-state index is 5.54. The molecule has 1 aromatic carbocycles. The number of hydrogen-bond donors (Lipinski definition) is 2. The van der Waals surface area contributed by atoms with Crippen LogP contribution in [0.1, 0.15) is 5.69 Å². The Morgan fingerprint density at radius 1 is 1.42 bits per heavy atom. The zero-order valence-electron chi connectivity index (χ0n) is 10.9. The Balaban J connectivity index is 2.07. The number of methoxy groups -OCH3 is 1. The van der Waals surface area contributed by atoms with Gasteiger partial charge in [0.15, 0.2) is 5.96 Å². The van der Waals surface area contributed by atoms with Gasteiger partial charge < -0.3 is 15.8 Å². The Hall–Kier alpha value is -2.57. The predicted molar refractivity (Wildman–Crippen MR) is 72.3 cm³/mol. The van der Waals surface area contributed by atoms with E-state index in [1.165, 1.54) is 0 Å². The third-order valence-corrected chi connectivity index (χ3v) is 2.57. The highest BCUT2D eigenvalue weighted by Gasteiger charge is 2.03. The molecule has 0 aliphatic heterocycles. The largest absolute Gasteiger partial charge is 0.497 e. The molecular formula is C12H16N6O. The number of aliphatic imine (C=N–C) groups is 1. The first-order chi connectivity index (χ1) is 9.22. The number of nitrogens with two attached hydrogens (primary N) is 1. The SMILES string of the molecule is CN=C(N)NCc1cn(-c2ccc(OC)cc2)nn1. The van der Waals surface area contributed by atoms with E-state index in [2.05, 4.69) is 20.6 Å². The van der Waals surface area contributed by atoms with Crippen LogP contribution in [0.3, 0.4) is 0 Å². The quantitative estimate of drug-likeness (QED) is 0.610. The molecule has 2 rings (SSSR count). The number of hydrogen-bond acceptors (Lipinski definition) is 4. The van der Waals surface area contributed by atoms with Crippen molar-refractivity contribution in [2.75, 3.05) is 14.2 Å². The van der Waals surface area contributed by atoms with Gasteiger partial charge in [-0.2, -0.15) is 0 Å². The summed E-state index contributed by atoms with van der Waals surface area (Å²) in [5.41, 5.74) is 7.23. The van der Waals surface area contributed by atoms with Crippen LogP contribution in [-0.4, -0.2) is 35.1 Å². The van der Waals surface area contributed by atoms with E-state index < -0.39 is 0 Å². The van der Waals surface area contributed by atoms with Crippen LogP contribution < -0.4 is 15.8 Å². The summed E-state index contributed by atoms with van der Waals surface area (Å²) in [4.78, 5) is 3.80. The molecule has 2 aromatic rings. The minimum Gasteiger partial charge on any atom is -0.497 e. The standard InChI is InChI=1S/C12H16N6O/c1-14-12(13)15-7-9-8-18(17-16-9)10-3-5-11(19-2)6-4-10/h3-6,8H,7H2,1-2H3,(H3,13,14,15). The van der Waals surface area contributed by atoms with Crippen molar-refractivity contribution in [3.8, 4) is 11.4 Å². The summed E-state index contributed by atoms with van der Waals surface area (Å²) in [5, 5.41) is 11.0. The molecule has 1 aromatic heterocycles. The Kier molecular flexibility index (Phi) is 3.97. The number of ether oxygens (including phenoxy) is 1. The molecule has 7 heteroatoms. The second-order valence-corrected chi connectivity index (χ2v) is 3.81. The molecular weight excluding hydrogens is 244 g/mol. The van der Waals surface area contributed by atoms with Crippen molar-refractivity contribution in [1.82, 2.24) is 20.3 Å². The molecule has 0 radical (unpaired) electrons. The van der Waals surface area contributed by atoms with Crippen LogP contribution in [0.4, 0.5) is 0 Å². The minimum atomic E-state index is 0.374. The lowest BCUT2D eigenvalue weighted by atomic mass is 10.3. The van der Waals surface area contributed by atoms with Crippen molar-refractivity contribution < 1.29 is 4.74 Å². The summed E-state index contributed by atoms with van der Waals surface area (Å²) in [7, 11) is 3.25. The number of benzene rings is 1. The lowest BCUT2D eigenvalue weighted by Gasteiger charge is -2.02.